The van der Waals surface area contributed by atoms with Gasteiger partial charge in [0.2, 0.25) is 0 Å². The minimum Gasteiger partial charge on any atom is -0.365 e. The number of hydrogen-bond acceptors (Lipinski definition) is 7. The number of nitrogens with zero attached hydrogens (tertiary/aromatic N) is 4. The van der Waals surface area contributed by atoms with Crippen LogP contribution in [0.25, 0.3) is 11.3 Å². The van der Waals surface area contributed by atoms with Crippen molar-refractivity contribution in [2.75, 3.05) is 5.32 Å². The topological polar surface area (TPSA) is 98.9 Å². The van der Waals surface area contributed by atoms with Gasteiger partial charge in [-0.2, -0.15) is 9.78 Å². The molecule has 0 spiro atoms. The predicted molar refractivity (Wildman–Crippen MR) is 142 cm³/mol. The van der Waals surface area contributed by atoms with Crippen LogP contribution >= 0.6 is 34.5 Å². The van der Waals surface area contributed by atoms with Crippen molar-refractivity contribution in [3.8, 4) is 11.3 Å². The number of pyridine rings is 2. The smallest absolute Gasteiger partial charge is 0.270 e. The Hall–Kier alpha value is -3.27. The van der Waals surface area contributed by atoms with Crippen LogP contribution in [0.2, 0.25) is 9.36 Å². The molecule has 0 radical (unpaired) electrons. The van der Waals surface area contributed by atoms with Crippen molar-refractivity contribution in [1.29, 1.82) is 0 Å². The Labute approximate surface area is 221 Å². The molecule has 0 unspecified atom stereocenters. The molecule has 0 aliphatic rings. The average Bonchev–Trinajstić information content (AvgIpc) is 3.46. The van der Waals surface area contributed by atoms with Crippen molar-refractivity contribution in [2.24, 2.45) is 5.41 Å². The normalized spacial score (nSPS) is 11.5. The third kappa shape index (κ3) is 5.59. The highest BCUT2D eigenvalue weighted by Crippen LogP contribution is 2.30. The van der Waals surface area contributed by atoms with E-state index in [1.54, 1.807) is 51.1 Å². The number of carbonyl (C=O) groups excluding carboxylic acids is 2. The van der Waals surface area contributed by atoms with Crippen LogP contribution in [-0.2, 0) is 13.1 Å². The van der Waals surface area contributed by atoms with Crippen molar-refractivity contribution in [3.63, 3.8) is 0 Å². The molecule has 1 N–H and O–H groups in total. The number of anilines is 1. The third-order valence-corrected chi connectivity index (χ3v) is 6.91. The molecule has 0 aromatic carbocycles. The lowest BCUT2D eigenvalue weighted by Gasteiger charge is -2.18. The fourth-order valence-corrected chi connectivity index (χ4v) is 4.68. The molecule has 0 bridgehead atoms. The van der Waals surface area contributed by atoms with E-state index in [1.165, 1.54) is 39.2 Å². The highest BCUT2D eigenvalue weighted by molar-refractivity contribution is 7.16. The van der Waals surface area contributed by atoms with Crippen molar-refractivity contribution in [2.45, 2.75) is 33.9 Å². The predicted octanol–water partition coefficient (Wildman–Crippen LogP) is 5.66. The molecule has 11 heteroatoms. The van der Waals surface area contributed by atoms with Gasteiger partial charge >= 0.3 is 0 Å². The van der Waals surface area contributed by atoms with Gasteiger partial charge in [-0.1, -0.05) is 44.0 Å². The SMILES string of the molecule is CC(C)(C)C(=O)n1nc(-c2ccn(CC(=O)c3ccncc3)c(=O)c2Cl)cc1NCc1ccc(Cl)s1. The number of carbonyl (C=O) groups is 2. The summed E-state index contributed by atoms with van der Waals surface area (Å²) in [6, 6.07) is 10.2. The Morgan fingerprint density at radius 1 is 1.08 bits per heavy atom. The van der Waals surface area contributed by atoms with Gasteiger partial charge in [-0.3, -0.25) is 19.4 Å². The second kappa shape index (κ2) is 10.4. The number of Topliss-reactive ketones (excluding diaryl/α,β-unsaturated/α-hetero) is 1. The van der Waals surface area contributed by atoms with Gasteiger partial charge in [-0.05, 0) is 30.3 Å². The molecule has 0 saturated heterocycles. The summed E-state index contributed by atoms with van der Waals surface area (Å²) in [4.78, 5) is 43.5. The fraction of sp³-hybridized carbons (Fsp3) is 0.240. The van der Waals surface area contributed by atoms with Crippen LogP contribution in [0.15, 0.2) is 59.8 Å². The summed E-state index contributed by atoms with van der Waals surface area (Å²) < 4.78 is 3.20. The van der Waals surface area contributed by atoms with Crippen LogP contribution in [0.4, 0.5) is 5.82 Å². The summed E-state index contributed by atoms with van der Waals surface area (Å²) >= 11 is 13.9. The van der Waals surface area contributed by atoms with Gasteiger partial charge in [0.1, 0.15) is 10.8 Å². The lowest BCUT2D eigenvalue weighted by Crippen LogP contribution is -2.28. The van der Waals surface area contributed by atoms with Crippen molar-refractivity contribution >= 4 is 52.0 Å². The molecule has 4 heterocycles. The van der Waals surface area contributed by atoms with E-state index < -0.39 is 11.0 Å². The molecule has 0 aliphatic heterocycles. The summed E-state index contributed by atoms with van der Waals surface area (Å²) in [7, 11) is 0. The van der Waals surface area contributed by atoms with E-state index in [9.17, 15) is 14.4 Å². The van der Waals surface area contributed by atoms with Gasteiger partial charge in [0.15, 0.2) is 5.78 Å². The molecule has 4 aromatic heterocycles. The second-order valence-corrected chi connectivity index (χ2v) is 11.3. The lowest BCUT2D eigenvalue weighted by atomic mass is 9.96. The molecule has 8 nitrogen and oxygen atoms in total. The van der Waals surface area contributed by atoms with Crippen LogP contribution in [0.1, 0.15) is 40.8 Å². The first-order valence-electron chi connectivity index (χ1n) is 11.0. The largest absolute Gasteiger partial charge is 0.365 e. The number of ketones is 1. The number of aromatic nitrogens is 4. The van der Waals surface area contributed by atoms with Crippen LogP contribution < -0.4 is 10.9 Å². The molecule has 0 atom stereocenters. The van der Waals surface area contributed by atoms with E-state index in [0.29, 0.717) is 33.5 Å². The molecule has 4 rings (SSSR count). The molecule has 0 saturated carbocycles. The van der Waals surface area contributed by atoms with E-state index >= 15 is 0 Å². The molecule has 0 fully saturated rings. The maximum atomic E-state index is 13.1. The zero-order chi connectivity index (χ0) is 26.0. The van der Waals surface area contributed by atoms with E-state index in [2.05, 4.69) is 15.4 Å². The Balaban J connectivity index is 1.66. The van der Waals surface area contributed by atoms with Crippen molar-refractivity contribution in [1.82, 2.24) is 19.3 Å². The third-order valence-electron chi connectivity index (χ3n) is 5.31. The fourth-order valence-electron chi connectivity index (χ4n) is 3.39. The zero-order valence-electron chi connectivity index (χ0n) is 19.8. The maximum absolute atomic E-state index is 13.1. The van der Waals surface area contributed by atoms with Gasteiger partial charge in [0.25, 0.3) is 11.5 Å². The lowest BCUT2D eigenvalue weighted by molar-refractivity contribution is 0.0752. The van der Waals surface area contributed by atoms with Crippen LogP contribution in [-0.4, -0.2) is 31.0 Å². The van der Waals surface area contributed by atoms with Gasteiger partial charge in [0, 0.05) is 46.1 Å². The summed E-state index contributed by atoms with van der Waals surface area (Å²) in [5.41, 5.74) is -0.0757. The Bertz CT molecular complexity index is 1490. The first-order valence-corrected chi connectivity index (χ1v) is 12.6. The summed E-state index contributed by atoms with van der Waals surface area (Å²) in [6.45, 7) is 5.66. The van der Waals surface area contributed by atoms with E-state index in [-0.39, 0.29) is 23.3 Å². The molecule has 0 aliphatic carbocycles. The number of rotatable bonds is 7. The van der Waals surface area contributed by atoms with Crippen LogP contribution in [0.5, 0.6) is 0 Å². The molecule has 0 amide bonds. The summed E-state index contributed by atoms with van der Waals surface area (Å²) in [5.74, 6) is -0.0148. The van der Waals surface area contributed by atoms with Gasteiger partial charge in [-0.15, -0.1) is 11.3 Å². The van der Waals surface area contributed by atoms with Gasteiger partial charge in [0.05, 0.1) is 23.1 Å². The maximum Gasteiger partial charge on any atom is 0.270 e. The van der Waals surface area contributed by atoms with Crippen LogP contribution in [0.3, 0.4) is 0 Å². The minimum atomic E-state index is -0.702. The number of nitrogens with one attached hydrogen (secondary N) is 1. The number of halogens is 2. The summed E-state index contributed by atoms with van der Waals surface area (Å²) in [6.07, 6.45) is 4.52. The quantitative estimate of drug-likeness (QED) is 0.302. The van der Waals surface area contributed by atoms with Crippen molar-refractivity contribution in [3.05, 3.63) is 85.1 Å². The Morgan fingerprint density at radius 3 is 2.44 bits per heavy atom. The van der Waals surface area contributed by atoms with Gasteiger partial charge in [-0.25, -0.2) is 0 Å². The first-order chi connectivity index (χ1) is 17.0. The average molecular weight is 544 g/mol. The molecular weight excluding hydrogens is 521 g/mol. The molecule has 4 aromatic rings. The van der Waals surface area contributed by atoms with Gasteiger partial charge < -0.3 is 9.88 Å². The number of thiophene rings is 1. The monoisotopic (exact) mass is 543 g/mol. The Morgan fingerprint density at radius 2 is 1.81 bits per heavy atom. The standard InChI is InChI=1S/C25H23Cl2N5O3S/c1-25(2,3)24(35)32-21(29-13-16-4-5-20(26)36-16)12-18(30-32)17-8-11-31(23(34)22(17)27)14-19(33)15-6-9-28-10-7-15/h4-12,29H,13-14H2,1-3H3. The highest BCUT2D eigenvalue weighted by atomic mass is 35.5. The summed E-state index contributed by atoms with van der Waals surface area (Å²) in [5, 5.41) is 7.62. The molecule has 186 valence electrons. The molecule has 36 heavy (non-hydrogen) atoms. The zero-order valence-corrected chi connectivity index (χ0v) is 22.1. The van der Waals surface area contributed by atoms with Crippen LogP contribution in [0, 0.1) is 5.41 Å². The van der Waals surface area contributed by atoms with E-state index in [1.807, 2.05) is 6.07 Å². The van der Waals surface area contributed by atoms with Crippen molar-refractivity contribution < 1.29 is 9.59 Å². The highest BCUT2D eigenvalue weighted by Gasteiger charge is 2.27. The van der Waals surface area contributed by atoms with E-state index in [0.717, 1.165) is 4.88 Å². The van der Waals surface area contributed by atoms with E-state index in [4.69, 9.17) is 23.2 Å². The minimum absolute atomic E-state index is 0.0931. The Kier molecular flexibility index (Phi) is 7.44. The number of hydrogen-bond donors (Lipinski definition) is 1. The first kappa shape index (κ1) is 25.8. The molecular formula is C25H23Cl2N5O3S. The second-order valence-electron chi connectivity index (χ2n) is 9.08.